The summed E-state index contributed by atoms with van der Waals surface area (Å²) in [7, 11) is 0. The summed E-state index contributed by atoms with van der Waals surface area (Å²) in [6.07, 6.45) is 6.71. The molecule has 0 aliphatic rings. The van der Waals surface area contributed by atoms with E-state index in [9.17, 15) is 9.59 Å². The molecule has 170 valence electrons. The molecule has 0 bridgehead atoms. The minimum atomic E-state index is -0.103. The van der Waals surface area contributed by atoms with Gasteiger partial charge in [-0.15, -0.1) is 0 Å². The number of hydrogen-bond acceptors (Lipinski definition) is 3. The van der Waals surface area contributed by atoms with E-state index < -0.39 is 0 Å². The maximum atomic E-state index is 12.8. The molecule has 0 fully saturated rings. The lowest BCUT2D eigenvalue weighted by Crippen LogP contribution is -1.94. The summed E-state index contributed by atoms with van der Waals surface area (Å²) >= 11 is 6.82. The molecule has 0 aliphatic heterocycles. The Morgan fingerprint density at radius 3 is 1.37 bits per heavy atom. The Morgan fingerprint density at radius 1 is 0.571 bits per heavy atom. The Kier molecular flexibility index (Phi) is 6.62. The molecule has 0 amide bonds. The molecular weight excluding hydrogens is 568 g/mol. The molecule has 1 aromatic heterocycles. The van der Waals surface area contributed by atoms with E-state index in [0.29, 0.717) is 22.3 Å². The summed E-state index contributed by atoms with van der Waals surface area (Å²) in [6, 6.07) is 26.2. The number of halogens is 2. The largest absolute Gasteiger partial charge is 0.456 e. The van der Waals surface area contributed by atoms with Gasteiger partial charge in [0.25, 0.3) is 0 Å². The third-order valence-corrected chi connectivity index (χ3v) is 6.69. The van der Waals surface area contributed by atoms with Gasteiger partial charge in [0.1, 0.15) is 11.2 Å². The normalized spacial score (nSPS) is 11.7. The van der Waals surface area contributed by atoms with E-state index in [1.807, 2.05) is 60.7 Å². The van der Waals surface area contributed by atoms with Gasteiger partial charge in [-0.05, 0) is 83.9 Å². The van der Waals surface area contributed by atoms with Gasteiger partial charge in [0, 0.05) is 30.8 Å². The summed E-state index contributed by atoms with van der Waals surface area (Å²) < 4.78 is 7.91. The molecule has 3 nitrogen and oxygen atoms in total. The summed E-state index contributed by atoms with van der Waals surface area (Å²) in [5.41, 5.74) is 4.33. The van der Waals surface area contributed by atoms with Crippen molar-refractivity contribution in [2.45, 2.75) is 0 Å². The molecule has 5 aromatic rings. The van der Waals surface area contributed by atoms with E-state index in [2.05, 4.69) is 31.9 Å². The van der Waals surface area contributed by atoms with Crippen molar-refractivity contribution in [1.82, 2.24) is 0 Å². The Bertz CT molecular complexity index is 1500. The van der Waals surface area contributed by atoms with Gasteiger partial charge in [-0.3, -0.25) is 9.59 Å². The van der Waals surface area contributed by atoms with E-state index in [1.54, 1.807) is 48.6 Å². The van der Waals surface area contributed by atoms with Gasteiger partial charge in [0.2, 0.25) is 0 Å². The zero-order chi connectivity index (χ0) is 24.4. The van der Waals surface area contributed by atoms with Crippen molar-refractivity contribution in [3.63, 3.8) is 0 Å². The molecule has 0 spiro atoms. The first-order chi connectivity index (χ1) is 17.0. The lowest BCUT2D eigenvalue weighted by molar-refractivity contribution is 0.104. The Labute approximate surface area is 219 Å². The van der Waals surface area contributed by atoms with Crippen LogP contribution in [0.5, 0.6) is 0 Å². The lowest BCUT2D eigenvalue weighted by Gasteiger charge is -1.99. The molecule has 4 aromatic carbocycles. The zero-order valence-electron chi connectivity index (χ0n) is 18.4. The quantitative estimate of drug-likeness (QED) is 0.148. The number of ketones is 2. The van der Waals surface area contributed by atoms with Crippen LogP contribution < -0.4 is 0 Å². The fourth-order valence-corrected chi connectivity index (χ4v) is 4.30. The second kappa shape index (κ2) is 9.98. The van der Waals surface area contributed by atoms with Crippen LogP contribution >= 0.6 is 31.9 Å². The summed E-state index contributed by atoms with van der Waals surface area (Å²) in [4.78, 5) is 25.6. The zero-order valence-corrected chi connectivity index (χ0v) is 21.5. The number of furan rings is 1. The Balaban J connectivity index is 1.43. The number of carbonyl (C=O) groups excluding carboxylic acids is 2. The van der Waals surface area contributed by atoms with E-state index in [0.717, 1.165) is 30.8 Å². The van der Waals surface area contributed by atoms with Crippen LogP contribution in [0.4, 0.5) is 0 Å². The lowest BCUT2D eigenvalue weighted by atomic mass is 10.0. The summed E-state index contributed by atoms with van der Waals surface area (Å²) in [5.74, 6) is -0.206. The van der Waals surface area contributed by atoms with E-state index in [-0.39, 0.29) is 11.6 Å². The number of hydrogen-bond donors (Lipinski definition) is 0. The highest BCUT2D eigenvalue weighted by Gasteiger charge is 2.12. The van der Waals surface area contributed by atoms with Crippen LogP contribution in [0.1, 0.15) is 31.8 Å². The monoisotopic (exact) mass is 584 g/mol. The second-order valence-corrected chi connectivity index (χ2v) is 9.85. The average Bonchev–Trinajstić information content (AvgIpc) is 3.25. The van der Waals surface area contributed by atoms with E-state index >= 15 is 0 Å². The summed E-state index contributed by atoms with van der Waals surface area (Å²) in [5, 5.41) is 1.60. The van der Waals surface area contributed by atoms with Crippen LogP contribution in [0.3, 0.4) is 0 Å². The van der Waals surface area contributed by atoms with Gasteiger partial charge in [-0.2, -0.15) is 0 Å². The van der Waals surface area contributed by atoms with Crippen molar-refractivity contribution in [3.8, 4) is 0 Å². The van der Waals surface area contributed by atoms with Crippen molar-refractivity contribution in [2.24, 2.45) is 0 Å². The van der Waals surface area contributed by atoms with E-state index in [4.69, 9.17) is 4.42 Å². The number of carbonyl (C=O) groups is 2. The minimum absolute atomic E-state index is 0.103. The van der Waals surface area contributed by atoms with Gasteiger partial charge < -0.3 is 4.42 Å². The van der Waals surface area contributed by atoms with Crippen molar-refractivity contribution >= 4 is 77.5 Å². The number of benzene rings is 4. The fourth-order valence-electron chi connectivity index (χ4n) is 3.77. The van der Waals surface area contributed by atoms with Gasteiger partial charge >= 0.3 is 0 Å². The molecule has 1 heterocycles. The molecule has 5 rings (SSSR count). The van der Waals surface area contributed by atoms with Crippen LogP contribution in [0.25, 0.3) is 34.1 Å². The summed E-state index contributed by atoms with van der Waals surface area (Å²) in [6.45, 7) is 0. The van der Waals surface area contributed by atoms with Crippen molar-refractivity contribution in [1.29, 1.82) is 0 Å². The first kappa shape index (κ1) is 23.2. The van der Waals surface area contributed by atoms with Crippen LogP contribution in [0, 0.1) is 0 Å². The molecule has 0 saturated carbocycles. The number of fused-ring (bicyclic) bond motifs is 3. The molecule has 0 atom stereocenters. The first-order valence-electron chi connectivity index (χ1n) is 10.9. The molecule has 0 radical (unpaired) electrons. The van der Waals surface area contributed by atoms with Gasteiger partial charge in [-0.1, -0.05) is 68.3 Å². The van der Waals surface area contributed by atoms with Crippen molar-refractivity contribution in [2.75, 3.05) is 0 Å². The fraction of sp³-hybridized carbons (Fsp3) is 0. The molecular formula is C30H18Br2O3. The van der Waals surface area contributed by atoms with Gasteiger partial charge in [-0.25, -0.2) is 0 Å². The highest BCUT2D eigenvalue weighted by molar-refractivity contribution is 9.10. The predicted molar refractivity (Wildman–Crippen MR) is 149 cm³/mol. The highest BCUT2D eigenvalue weighted by Crippen LogP contribution is 2.31. The van der Waals surface area contributed by atoms with Crippen LogP contribution in [-0.2, 0) is 0 Å². The second-order valence-electron chi connectivity index (χ2n) is 8.02. The van der Waals surface area contributed by atoms with Crippen molar-refractivity contribution < 1.29 is 14.0 Å². The highest BCUT2D eigenvalue weighted by atomic mass is 79.9. The standard InChI is InChI=1S/C30H18Br2O3/c31-23-9-1-19(2-10-23)5-13-27(33)21-7-15-29-25(17-21)26-18-22(8-16-30(26)35-29)28(34)14-6-20-3-11-24(32)12-4-20/h1-18H/b13-5-,14-6+. The van der Waals surface area contributed by atoms with Crippen LogP contribution in [0.2, 0.25) is 0 Å². The van der Waals surface area contributed by atoms with Crippen LogP contribution in [0.15, 0.2) is 110 Å². The average molecular weight is 586 g/mol. The molecule has 35 heavy (non-hydrogen) atoms. The molecule has 0 saturated heterocycles. The predicted octanol–water partition coefficient (Wildman–Crippen LogP) is 8.90. The Hall–Kier alpha value is -3.54. The smallest absolute Gasteiger partial charge is 0.185 e. The molecule has 0 N–H and O–H groups in total. The molecule has 0 unspecified atom stereocenters. The Morgan fingerprint density at radius 2 is 0.971 bits per heavy atom. The third kappa shape index (κ3) is 5.26. The number of allylic oxidation sites excluding steroid dienone is 2. The third-order valence-electron chi connectivity index (χ3n) is 5.63. The number of rotatable bonds is 6. The SMILES string of the molecule is O=C(/C=C\c1ccc(Br)cc1)c1ccc2oc3ccc(C(=O)/C=C/c4ccc(Br)cc4)cc3c2c1. The van der Waals surface area contributed by atoms with Gasteiger partial charge in [0.15, 0.2) is 11.6 Å². The van der Waals surface area contributed by atoms with Crippen molar-refractivity contribution in [3.05, 3.63) is 128 Å². The van der Waals surface area contributed by atoms with Gasteiger partial charge in [0.05, 0.1) is 0 Å². The maximum absolute atomic E-state index is 12.8. The van der Waals surface area contributed by atoms with Crippen LogP contribution in [-0.4, -0.2) is 11.6 Å². The molecule has 0 aliphatic carbocycles. The maximum Gasteiger partial charge on any atom is 0.185 e. The first-order valence-corrected chi connectivity index (χ1v) is 12.5. The van der Waals surface area contributed by atoms with E-state index in [1.165, 1.54) is 0 Å². The minimum Gasteiger partial charge on any atom is -0.456 e. The molecule has 5 heteroatoms. The topological polar surface area (TPSA) is 47.3 Å².